The summed E-state index contributed by atoms with van der Waals surface area (Å²) < 4.78 is 1.71. The van der Waals surface area contributed by atoms with Gasteiger partial charge < -0.3 is 9.67 Å². The first-order valence-corrected chi connectivity index (χ1v) is 11.0. The molecule has 0 saturated heterocycles. The Kier molecular flexibility index (Phi) is 12.6. The van der Waals surface area contributed by atoms with Crippen LogP contribution in [0.3, 0.4) is 0 Å². The van der Waals surface area contributed by atoms with E-state index in [9.17, 15) is 14.7 Å². The zero-order valence-corrected chi connectivity index (χ0v) is 17.5. The first-order valence-electron chi connectivity index (χ1n) is 11.0. The highest BCUT2D eigenvalue weighted by atomic mass is 16.3. The van der Waals surface area contributed by atoms with Gasteiger partial charge >= 0.3 is 0 Å². The molecule has 0 saturated carbocycles. The number of hydrogen-bond acceptors (Lipinski definition) is 3. The normalized spacial score (nSPS) is 11.0. The molecule has 0 aliphatic rings. The van der Waals surface area contributed by atoms with Gasteiger partial charge in [-0.05, 0) is 6.42 Å². The fourth-order valence-corrected chi connectivity index (χ4v) is 3.60. The molecule has 0 amide bonds. The van der Waals surface area contributed by atoms with Crippen molar-refractivity contribution in [3.63, 3.8) is 0 Å². The molecule has 1 N–H and O–H groups in total. The molecule has 4 nitrogen and oxygen atoms in total. The van der Waals surface area contributed by atoms with Crippen LogP contribution in [-0.2, 0) is 6.54 Å². The summed E-state index contributed by atoms with van der Waals surface area (Å²) in [5.74, 6) is -0.689. The molecule has 0 aliphatic carbocycles. The van der Waals surface area contributed by atoms with E-state index in [4.69, 9.17) is 0 Å². The molecule has 4 heteroatoms. The number of unbranched alkanes of at least 4 members (excludes halogenated alkanes) is 13. The minimum Gasteiger partial charge on any atom is -0.503 e. The number of ketones is 1. The molecule has 0 aliphatic heterocycles. The molecule has 0 aromatic carbocycles. The molecule has 154 valence electrons. The predicted octanol–water partition coefficient (Wildman–Crippen LogP) is 6.24. The van der Waals surface area contributed by atoms with Crippen LogP contribution in [-0.4, -0.2) is 15.5 Å². The number of aromatic nitrogens is 1. The summed E-state index contributed by atoms with van der Waals surface area (Å²) in [5.41, 5.74) is -0.352. The lowest BCUT2D eigenvalue weighted by molar-refractivity contribution is 0.1000. The Morgan fingerprint density at radius 1 is 0.852 bits per heavy atom. The van der Waals surface area contributed by atoms with Crippen LogP contribution in [0.2, 0.25) is 0 Å². The Bertz CT molecular complexity index is 592. The molecule has 0 atom stereocenters. The predicted molar refractivity (Wildman–Crippen MR) is 113 cm³/mol. The van der Waals surface area contributed by atoms with E-state index in [1.807, 2.05) is 0 Å². The third-order valence-electron chi connectivity index (χ3n) is 5.24. The van der Waals surface area contributed by atoms with Crippen molar-refractivity contribution in [3.8, 4) is 5.75 Å². The number of aryl methyl sites for hydroxylation is 1. The van der Waals surface area contributed by atoms with E-state index in [-0.39, 0.29) is 11.5 Å². The Hall–Kier alpha value is -1.58. The van der Waals surface area contributed by atoms with Gasteiger partial charge in [0.25, 0.3) is 0 Å². The molecule has 1 aromatic rings. The Morgan fingerprint density at radius 3 is 1.74 bits per heavy atom. The van der Waals surface area contributed by atoms with Crippen LogP contribution < -0.4 is 5.43 Å². The van der Waals surface area contributed by atoms with Gasteiger partial charge in [0.15, 0.2) is 11.5 Å². The summed E-state index contributed by atoms with van der Waals surface area (Å²) in [6, 6.07) is 1.32. The average Bonchev–Trinajstić information content (AvgIpc) is 2.64. The molecule has 1 aromatic heterocycles. The van der Waals surface area contributed by atoms with Crippen LogP contribution in [0.5, 0.6) is 5.75 Å². The maximum atomic E-state index is 11.7. The van der Waals surface area contributed by atoms with Crippen molar-refractivity contribution in [3.05, 3.63) is 28.2 Å². The van der Waals surface area contributed by atoms with Crippen LogP contribution in [0.15, 0.2) is 17.1 Å². The van der Waals surface area contributed by atoms with Crippen molar-refractivity contribution >= 4 is 5.78 Å². The second kappa shape index (κ2) is 14.5. The van der Waals surface area contributed by atoms with Crippen molar-refractivity contribution in [1.29, 1.82) is 0 Å². The van der Waals surface area contributed by atoms with Crippen LogP contribution >= 0.6 is 0 Å². The zero-order chi connectivity index (χ0) is 19.9. The summed E-state index contributed by atoms with van der Waals surface area (Å²) in [7, 11) is 0. The summed E-state index contributed by atoms with van der Waals surface area (Å²) in [5, 5.41) is 9.81. The van der Waals surface area contributed by atoms with Crippen molar-refractivity contribution < 1.29 is 9.90 Å². The van der Waals surface area contributed by atoms with E-state index in [0.717, 1.165) is 12.8 Å². The van der Waals surface area contributed by atoms with E-state index < -0.39 is 11.2 Å². The van der Waals surface area contributed by atoms with E-state index >= 15 is 0 Å². The smallest absolute Gasteiger partial charge is 0.223 e. The van der Waals surface area contributed by atoms with Gasteiger partial charge in [0.1, 0.15) is 5.69 Å². The van der Waals surface area contributed by atoms with Gasteiger partial charge in [0.2, 0.25) is 5.43 Å². The fourth-order valence-electron chi connectivity index (χ4n) is 3.60. The highest BCUT2D eigenvalue weighted by molar-refractivity contribution is 5.94. The highest BCUT2D eigenvalue weighted by Gasteiger charge is 2.13. The minimum absolute atomic E-state index is 0.136. The third kappa shape index (κ3) is 9.78. The monoisotopic (exact) mass is 377 g/mol. The van der Waals surface area contributed by atoms with Crippen molar-refractivity contribution in [2.75, 3.05) is 0 Å². The van der Waals surface area contributed by atoms with Gasteiger partial charge in [-0.3, -0.25) is 9.59 Å². The third-order valence-corrected chi connectivity index (χ3v) is 5.24. The first-order chi connectivity index (χ1) is 13.1. The molecule has 27 heavy (non-hydrogen) atoms. The lowest BCUT2D eigenvalue weighted by Gasteiger charge is -2.12. The summed E-state index contributed by atoms with van der Waals surface area (Å²) >= 11 is 0. The van der Waals surface area contributed by atoms with E-state index in [1.165, 1.54) is 90.0 Å². The SMILES string of the molecule is CCCCCCCCCCCCCCCCn1ccc(=O)c(O)c1C(C)=O. The lowest BCUT2D eigenvalue weighted by atomic mass is 10.0. The first kappa shape index (κ1) is 23.5. The van der Waals surface area contributed by atoms with Crippen molar-refractivity contribution in [2.24, 2.45) is 0 Å². The van der Waals surface area contributed by atoms with Crippen LogP contribution in [0.1, 0.15) is 114 Å². The van der Waals surface area contributed by atoms with Gasteiger partial charge in [-0.25, -0.2) is 0 Å². The van der Waals surface area contributed by atoms with Crippen molar-refractivity contribution in [1.82, 2.24) is 4.57 Å². The molecule has 0 bridgehead atoms. The number of carbonyl (C=O) groups is 1. The molecular formula is C23H39NO3. The largest absolute Gasteiger partial charge is 0.503 e. The van der Waals surface area contributed by atoms with Crippen LogP contribution in [0.4, 0.5) is 0 Å². The maximum absolute atomic E-state index is 11.7. The van der Waals surface area contributed by atoms with Gasteiger partial charge in [-0.2, -0.15) is 0 Å². The molecular weight excluding hydrogens is 338 g/mol. The Balaban J connectivity index is 2.05. The molecule has 0 fully saturated rings. The quantitative estimate of drug-likeness (QED) is 0.274. The topological polar surface area (TPSA) is 59.3 Å². The van der Waals surface area contributed by atoms with Gasteiger partial charge in [-0.15, -0.1) is 0 Å². The van der Waals surface area contributed by atoms with E-state index in [1.54, 1.807) is 10.8 Å². The second-order valence-electron chi connectivity index (χ2n) is 7.72. The van der Waals surface area contributed by atoms with Crippen LogP contribution in [0.25, 0.3) is 0 Å². The van der Waals surface area contributed by atoms with Gasteiger partial charge in [0.05, 0.1) is 0 Å². The van der Waals surface area contributed by atoms with Gasteiger partial charge in [-0.1, -0.05) is 90.4 Å². The second-order valence-corrected chi connectivity index (χ2v) is 7.72. The number of pyridine rings is 1. The number of Topliss-reactive ketones (excluding diaryl/α,β-unsaturated/α-hetero) is 1. The molecule has 0 unspecified atom stereocenters. The molecule has 0 radical (unpaired) electrons. The standard InChI is InChI=1S/C23H39NO3/c1-3-4-5-6-7-8-9-10-11-12-13-14-15-16-18-24-19-17-21(26)23(27)22(24)20(2)25/h17,19,27H,3-16,18H2,1-2H3. The summed E-state index contributed by atoms with van der Waals surface area (Å²) in [4.78, 5) is 23.1. The molecule has 1 heterocycles. The number of carbonyl (C=O) groups excluding carboxylic acids is 1. The number of nitrogens with zero attached hydrogens (tertiary/aromatic N) is 1. The lowest BCUT2D eigenvalue weighted by Crippen LogP contribution is -2.15. The van der Waals surface area contributed by atoms with E-state index in [2.05, 4.69) is 6.92 Å². The fraction of sp³-hybridized carbons (Fsp3) is 0.739. The highest BCUT2D eigenvalue weighted by Crippen LogP contribution is 2.15. The summed E-state index contributed by atoms with van der Waals surface area (Å²) in [6.07, 6.45) is 19.9. The zero-order valence-electron chi connectivity index (χ0n) is 17.5. The number of hydrogen-bond donors (Lipinski definition) is 1. The minimum atomic E-state index is -0.489. The Labute approximate surface area is 165 Å². The van der Waals surface area contributed by atoms with E-state index in [0.29, 0.717) is 6.54 Å². The molecule has 1 rings (SSSR count). The number of rotatable bonds is 16. The van der Waals surface area contributed by atoms with Crippen LogP contribution in [0, 0.1) is 0 Å². The average molecular weight is 378 g/mol. The Morgan fingerprint density at radius 2 is 1.30 bits per heavy atom. The number of aromatic hydroxyl groups is 1. The summed E-state index contributed by atoms with van der Waals surface area (Å²) in [6.45, 7) is 4.31. The molecule has 0 spiro atoms. The van der Waals surface area contributed by atoms with Crippen molar-refractivity contribution in [2.45, 2.75) is 110 Å². The van der Waals surface area contributed by atoms with Gasteiger partial charge in [0, 0.05) is 25.7 Å². The maximum Gasteiger partial charge on any atom is 0.223 e.